The number of hydrogen-bond donors (Lipinski definition) is 1. The normalized spacial score (nSPS) is 10.7. The summed E-state index contributed by atoms with van der Waals surface area (Å²) < 4.78 is 15.4. The molecule has 0 saturated carbocycles. The van der Waals surface area contributed by atoms with Crippen LogP contribution in [0.3, 0.4) is 0 Å². The molecule has 0 bridgehead atoms. The molecule has 0 spiro atoms. The lowest BCUT2D eigenvalue weighted by Crippen LogP contribution is -2.14. The van der Waals surface area contributed by atoms with E-state index in [0.717, 1.165) is 0 Å². The third kappa shape index (κ3) is 4.47. The number of nitriles is 1. The summed E-state index contributed by atoms with van der Waals surface area (Å²) in [4.78, 5) is 12.5. The number of benzene rings is 2. The Morgan fingerprint density at radius 2 is 1.73 bits per heavy atom. The molecule has 0 aromatic heterocycles. The Morgan fingerprint density at radius 1 is 1.08 bits per heavy atom. The minimum Gasteiger partial charge on any atom is -0.497 e. The van der Waals surface area contributed by atoms with Gasteiger partial charge >= 0.3 is 0 Å². The van der Waals surface area contributed by atoms with Gasteiger partial charge in [-0.25, -0.2) is 0 Å². The van der Waals surface area contributed by atoms with Crippen molar-refractivity contribution in [2.75, 3.05) is 26.6 Å². The van der Waals surface area contributed by atoms with Gasteiger partial charge in [-0.2, -0.15) is 5.26 Å². The first-order chi connectivity index (χ1) is 12.5. The van der Waals surface area contributed by atoms with E-state index in [9.17, 15) is 10.1 Å². The number of anilines is 1. The van der Waals surface area contributed by atoms with Crippen molar-refractivity contribution in [1.82, 2.24) is 0 Å². The lowest BCUT2D eigenvalue weighted by molar-refractivity contribution is -0.112. The zero-order valence-electron chi connectivity index (χ0n) is 14.5. The molecular weight excluding hydrogens is 356 g/mol. The molecule has 134 valence electrons. The zero-order valence-corrected chi connectivity index (χ0v) is 15.3. The van der Waals surface area contributed by atoms with E-state index in [2.05, 4.69) is 5.32 Å². The summed E-state index contributed by atoms with van der Waals surface area (Å²) in [5.41, 5.74) is 0.971. The van der Waals surface area contributed by atoms with Crippen molar-refractivity contribution in [3.63, 3.8) is 0 Å². The number of nitrogens with one attached hydrogen (secondary N) is 1. The first-order valence-electron chi connectivity index (χ1n) is 7.51. The van der Waals surface area contributed by atoms with Gasteiger partial charge in [0.05, 0.1) is 32.0 Å². The SMILES string of the molecule is COc1ccc(/C=C(/C#N)C(=O)Nc2cc(OC)c(Cl)cc2OC)cc1. The van der Waals surface area contributed by atoms with Crippen molar-refractivity contribution >= 4 is 29.3 Å². The summed E-state index contributed by atoms with van der Waals surface area (Å²) in [6, 6.07) is 11.9. The largest absolute Gasteiger partial charge is 0.497 e. The van der Waals surface area contributed by atoms with Crippen molar-refractivity contribution in [3.8, 4) is 23.3 Å². The van der Waals surface area contributed by atoms with E-state index in [1.807, 2.05) is 6.07 Å². The van der Waals surface area contributed by atoms with E-state index < -0.39 is 5.91 Å². The van der Waals surface area contributed by atoms with E-state index in [4.69, 9.17) is 25.8 Å². The lowest BCUT2D eigenvalue weighted by atomic mass is 10.1. The van der Waals surface area contributed by atoms with Gasteiger partial charge in [0.2, 0.25) is 0 Å². The Bertz CT molecular complexity index is 870. The number of amides is 1. The fraction of sp³-hybridized carbons (Fsp3) is 0.158. The standard InChI is InChI=1S/C19H17ClN2O4/c1-24-14-6-4-12(5-7-14)8-13(11-21)19(23)22-16-10-17(25-2)15(20)9-18(16)26-3/h4-10H,1-3H3,(H,22,23)/b13-8-. The molecule has 2 aromatic rings. The monoisotopic (exact) mass is 372 g/mol. The summed E-state index contributed by atoms with van der Waals surface area (Å²) >= 11 is 6.05. The van der Waals surface area contributed by atoms with Gasteiger partial charge in [0.1, 0.15) is 28.9 Å². The van der Waals surface area contributed by atoms with Crippen LogP contribution in [0, 0.1) is 11.3 Å². The average molecular weight is 373 g/mol. The molecule has 0 aliphatic heterocycles. The van der Waals surface area contributed by atoms with Crippen molar-refractivity contribution in [1.29, 1.82) is 5.26 Å². The molecule has 6 nitrogen and oxygen atoms in total. The first kappa shape index (κ1) is 19.2. The molecule has 1 N–H and O–H groups in total. The molecular formula is C19H17ClN2O4. The highest BCUT2D eigenvalue weighted by molar-refractivity contribution is 6.32. The highest BCUT2D eigenvalue weighted by atomic mass is 35.5. The molecule has 0 atom stereocenters. The molecule has 0 fully saturated rings. The Balaban J connectivity index is 2.29. The van der Waals surface area contributed by atoms with E-state index >= 15 is 0 Å². The van der Waals surface area contributed by atoms with Crippen molar-refractivity contribution in [2.24, 2.45) is 0 Å². The van der Waals surface area contributed by atoms with E-state index in [1.165, 1.54) is 32.4 Å². The first-order valence-corrected chi connectivity index (χ1v) is 7.89. The lowest BCUT2D eigenvalue weighted by Gasteiger charge is -2.13. The van der Waals surface area contributed by atoms with Crippen LogP contribution in [-0.4, -0.2) is 27.2 Å². The number of halogens is 1. The van der Waals surface area contributed by atoms with Gasteiger partial charge in [-0.1, -0.05) is 23.7 Å². The summed E-state index contributed by atoms with van der Waals surface area (Å²) in [6.07, 6.45) is 1.48. The number of nitrogens with zero attached hydrogens (tertiary/aromatic N) is 1. The van der Waals surface area contributed by atoms with Crippen LogP contribution in [0.1, 0.15) is 5.56 Å². The van der Waals surface area contributed by atoms with Crippen LogP contribution in [0.5, 0.6) is 17.2 Å². The van der Waals surface area contributed by atoms with Crippen LogP contribution in [0.4, 0.5) is 5.69 Å². The highest BCUT2D eigenvalue weighted by Gasteiger charge is 2.15. The topological polar surface area (TPSA) is 80.6 Å². The molecule has 0 saturated heterocycles. The number of hydrogen-bond acceptors (Lipinski definition) is 5. The Hall–Kier alpha value is -3.17. The minimum absolute atomic E-state index is 0.0638. The summed E-state index contributed by atoms with van der Waals surface area (Å²) in [7, 11) is 4.47. The Morgan fingerprint density at radius 3 is 2.27 bits per heavy atom. The number of carbonyl (C=O) groups is 1. The van der Waals surface area contributed by atoms with Gasteiger partial charge in [-0.15, -0.1) is 0 Å². The zero-order chi connectivity index (χ0) is 19.1. The van der Waals surface area contributed by atoms with Gasteiger partial charge in [-0.3, -0.25) is 4.79 Å². The van der Waals surface area contributed by atoms with Crippen molar-refractivity contribution < 1.29 is 19.0 Å². The minimum atomic E-state index is -0.578. The fourth-order valence-electron chi connectivity index (χ4n) is 2.16. The number of methoxy groups -OCH3 is 3. The van der Waals surface area contributed by atoms with Gasteiger partial charge in [0.15, 0.2) is 0 Å². The second-order valence-electron chi connectivity index (χ2n) is 5.08. The van der Waals surface area contributed by atoms with Crippen molar-refractivity contribution in [3.05, 3.63) is 52.6 Å². The molecule has 0 heterocycles. The Labute approximate surface area is 156 Å². The summed E-state index contributed by atoms with van der Waals surface area (Å²) in [6.45, 7) is 0. The molecule has 0 aliphatic carbocycles. The van der Waals surface area contributed by atoms with E-state index in [1.54, 1.807) is 31.4 Å². The van der Waals surface area contributed by atoms with E-state index in [-0.39, 0.29) is 5.57 Å². The maximum absolute atomic E-state index is 12.5. The second kappa shape index (κ2) is 8.79. The number of ether oxygens (including phenoxy) is 3. The van der Waals surface area contributed by atoms with Crippen molar-refractivity contribution in [2.45, 2.75) is 0 Å². The highest BCUT2D eigenvalue weighted by Crippen LogP contribution is 2.36. The van der Waals surface area contributed by atoms with Gasteiger partial charge < -0.3 is 19.5 Å². The summed E-state index contributed by atoms with van der Waals surface area (Å²) in [5, 5.41) is 12.3. The number of rotatable bonds is 6. The molecule has 0 radical (unpaired) electrons. The molecule has 0 unspecified atom stereocenters. The fourth-order valence-corrected chi connectivity index (χ4v) is 2.39. The maximum atomic E-state index is 12.5. The average Bonchev–Trinajstić information content (AvgIpc) is 2.67. The van der Waals surface area contributed by atoms with Gasteiger partial charge in [-0.05, 0) is 23.8 Å². The molecule has 7 heteroatoms. The van der Waals surface area contributed by atoms with Crippen LogP contribution in [0.2, 0.25) is 5.02 Å². The predicted molar refractivity (Wildman–Crippen MR) is 99.8 cm³/mol. The smallest absolute Gasteiger partial charge is 0.266 e. The molecule has 0 aliphatic rings. The van der Waals surface area contributed by atoms with Crippen LogP contribution >= 0.6 is 11.6 Å². The van der Waals surface area contributed by atoms with E-state index in [0.29, 0.717) is 33.5 Å². The quantitative estimate of drug-likeness (QED) is 0.614. The third-order valence-electron chi connectivity index (χ3n) is 3.51. The second-order valence-corrected chi connectivity index (χ2v) is 5.49. The predicted octanol–water partition coefficient (Wildman–Crippen LogP) is 3.91. The Kier molecular flexibility index (Phi) is 6.48. The van der Waals surface area contributed by atoms with Crippen LogP contribution in [0.15, 0.2) is 42.0 Å². The molecule has 1 amide bonds. The molecule has 2 aromatic carbocycles. The molecule has 26 heavy (non-hydrogen) atoms. The maximum Gasteiger partial charge on any atom is 0.266 e. The number of carbonyl (C=O) groups excluding carboxylic acids is 1. The van der Waals surface area contributed by atoms with Gasteiger partial charge in [0.25, 0.3) is 5.91 Å². The van der Waals surface area contributed by atoms with Crippen LogP contribution in [0.25, 0.3) is 6.08 Å². The molecule has 2 rings (SSSR count). The van der Waals surface area contributed by atoms with Crippen LogP contribution < -0.4 is 19.5 Å². The third-order valence-corrected chi connectivity index (χ3v) is 3.81. The van der Waals surface area contributed by atoms with Gasteiger partial charge in [0, 0.05) is 12.1 Å². The van der Waals surface area contributed by atoms with Crippen LogP contribution in [-0.2, 0) is 4.79 Å². The summed E-state index contributed by atoms with van der Waals surface area (Å²) in [5.74, 6) is 0.834.